The molecule has 0 fully saturated rings. The molecule has 0 aromatic rings. The van der Waals surface area contributed by atoms with Crippen LogP contribution in [-0.4, -0.2) is 40.9 Å². The molecule has 0 aliphatic heterocycles. The minimum Gasteiger partial charge on any atom is -0.396 e. The van der Waals surface area contributed by atoms with Gasteiger partial charge in [-0.1, -0.05) is 6.92 Å². The topological polar surface area (TPSA) is 69.9 Å². The second-order valence-electron chi connectivity index (χ2n) is 2.67. The zero-order chi connectivity index (χ0) is 9.40. The van der Waals surface area contributed by atoms with Gasteiger partial charge < -0.3 is 20.1 Å². The minimum absolute atomic E-state index is 0.0519. The molecule has 0 aliphatic rings. The van der Waals surface area contributed by atoms with E-state index in [0.29, 0.717) is 19.3 Å². The van der Waals surface area contributed by atoms with E-state index in [9.17, 15) is 0 Å². The number of rotatable bonds is 7. The van der Waals surface area contributed by atoms with E-state index in [0.717, 1.165) is 0 Å². The van der Waals surface area contributed by atoms with E-state index < -0.39 is 6.29 Å². The van der Waals surface area contributed by atoms with Crippen LogP contribution >= 0.6 is 0 Å². The third-order valence-electron chi connectivity index (χ3n) is 1.62. The number of hydrogen-bond donors (Lipinski definition) is 3. The summed E-state index contributed by atoms with van der Waals surface area (Å²) in [7, 11) is 0. The molecule has 0 bridgehead atoms. The first-order valence-electron chi connectivity index (χ1n) is 4.29. The lowest BCUT2D eigenvalue weighted by molar-refractivity contribution is -0.151. The highest BCUT2D eigenvalue weighted by molar-refractivity contribution is 4.53. The van der Waals surface area contributed by atoms with Crippen LogP contribution in [-0.2, 0) is 4.74 Å². The van der Waals surface area contributed by atoms with Crippen molar-refractivity contribution in [2.75, 3.05) is 13.2 Å². The first kappa shape index (κ1) is 11.8. The van der Waals surface area contributed by atoms with E-state index in [-0.39, 0.29) is 19.3 Å². The molecule has 0 aromatic heterocycles. The second kappa shape index (κ2) is 7.49. The van der Waals surface area contributed by atoms with E-state index in [1.54, 1.807) is 0 Å². The van der Waals surface area contributed by atoms with Crippen molar-refractivity contribution in [3.8, 4) is 0 Å². The Balaban J connectivity index is 3.44. The Morgan fingerprint density at radius 1 is 1.33 bits per heavy atom. The van der Waals surface area contributed by atoms with Gasteiger partial charge in [-0.3, -0.25) is 0 Å². The van der Waals surface area contributed by atoms with Crippen molar-refractivity contribution in [2.45, 2.75) is 38.6 Å². The smallest absolute Gasteiger partial charge is 0.155 e. The van der Waals surface area contributed by atoms with Crippen molar-refractivity contribution in [3.63, 3.8) is 0 Å². The second-order valence-corrected chi connectivity index (χ2v) is 2.67. The van der Waals surface area contributed by atoms with Crippen molar-refractivity contribution in [1.82, 2.24) is 0 Å². The number of ether oxygens (including phenoxy) is 1. The van der Waals surface area contributed by atoms with E-state index in [1.807, 2.05) is 6.92 Å². The Hall–Kier alpha value is -0.160. The van der Waals surface area contributed by atoms with Crippen LogP contribution < -0.4 is 0 Å². The summed E-state index contributed by atoms with van der Waals surface area (Å²) in [6.45, 7) is 1.85. The molecule has 2 unspecified atom stereocenters. The Labute approximate surface area is 72.8 Å². The van der Waals surface area contributed by atoms with E-state index >= 15 is 0 Å². The van der Waals surface area contributed by atoms with Gasteiger partial charge in [-0.25, -0.2) is 0 Å². The zero-order valence-electron chi connectivity index (χ0n) is 7.44. The molecular formula is C8H18O4. The molecule has 0 aliphatic carbocycles. The molecule has 0 rings (SSSR count). The van der Waals surface area contributed by atoms with Crippen molar-refractivity contribution >= 4 is 0 Å². The monoisotopic (exact) mass is 178 g/mol. The summed E-state index contributed by atoms with van der Waals surface area (Å²) < 4.78 is 5.05. The summed E-state index contributed by atoms with van der Waals surface area (Å²) >= 11 is 0. The van der Waals surface area contributed by atoms with Crippen LogP contribution in [0.3, 0.4) is 0 Å². The Morgan fingerprint density at radius 2 is 2.00 bits per heavy atom. The van der Waals surface area contributed by atoms with Crippen LogP contribution in [0.15, 0.2) is 0 Å². The van der Waals surface area contributed by atoms with Gasteiger partial charge in [0.05, 0.1) is 12.7 Å². The van der Waals surface area contributed by atoms with Gasteiger partial charge in [0, 0.05) is 13.0 Å². The van der Waals surface area contributed by atoms with Crippen LogP contribution in [0, 0.1) is 0 Å². The highest BCUT2D eigenvalue weighted by Crippen LogP contribution is 2.04. The van der Waals surface area contributed by atoms with Crippen LogP contribution in [0.4, 0.5) is 0 Å². The number of hydrogen-bond acceptors (Lipinski definition) is 4. The van der Waals surface area contributed by atoms with Crippen molar-refractivity contribution < 1.29 is 20.1 Å². The van der Waals surface area contributed by atoms with Gasteiger partial charge in [-0.15, -0.1) is 0 Å². The molecule has 0 aromatic carbocycles. The average molecular weight is 178 g/mol. The minimum atomic E-state index is -0.866. The predicted molar refractivity (Wildman–Crippen MR) is 44.6 cm³/mol. The Morgan fingerprint density at radius 3 is 2.42 bits per heavy atom. The lowest BCUT2D eigenvalue weighted by Gasteiger charge is -2.17. The maximum absolute atomic E-state index is 9.17. The standard InChI is InChI=1S/C8H18O4/c1-2-7(6-10)12-8(11)4-3-5-9/h7-11H,2-6H2,1H3. The molecule has 0 amide bonds. The van der Waals surface area contributed by atoms with Crippen molar-refractivity contribution in [1.29, 1.82) is 0 Å². The first-order valence-corrected chi connectivity index (χ1v) is 4.29. The summed E-state index contributed by atoms with van der Waals surface area (Å²) in [6, 6.07) is 0. The quantitative estimate of drug-likeness (QED) is 0.475. The molecule has 3 N–H and O–H groups in total. The van der Waals surface area contributed by atoms with Gasteiger partial charge >= 0.3 is 0 Å². The van der Waals surface area contributed by atoms with Gasteiger partial charge in [0.2, 0.25) is 0 Å². The lowest BCUT2D eigenvalue weighted by atomic mass is 10.3. The van der Waals surface area contributed by atoms with Crippen LogP contribution in [0.5, 0.6) is 0 Å². The molecule has 0 radical (unpaired) electrons. The largest absolute Gasteiger partial charge is 0.396 e. The Kier molecular flexibility index (Phi) is 7.39. The highest BCUT2D eigenvalue weighted by Gasteiger charge is 2.10. The molecule has 2 atom stereocenters. The summed E-state index contributed by atoms with van der Waals surface area (Å²) in [5.41, 5.74) is 0. The van der Waals surface area contributed by atoms with E-state index in [4.69, 9.17) is 20.1 Å². The summed E-state index contributed by atoms with van der Waals surface area (Å²) in [6.07, 6.45) is 0.441. The fourth-order valence-corrected chi connectivity index (χ4v) is 0.824. The van der Waals surface area contributed by atoms with Crippen LogP contribution in [0.25, 0.3) is 0 Å². The molecule has 4 nitrogen and oxygen atoms in total. The van der Waals surface area contributed by atoms with Gasteiger partial charge in [-0.05, 0) is 12.8 Å². The third-order valence-corrected chi connectivity index (χ3v) is 1.62. The summed E-state index contributed by atoms with van der Waals surface area (Å²) in [5.74, 6) is 0. The first-order chi connectivity index (χ1) is 5.74. The molecule has 12 heavy (non-hydrogen) atoms. The molecule has 0 saturated heterocycles. The summed E-state index contributed by atoms with van der Waals surface area (Å²) in [5, 5.41) is 26.3. The van der Waals surface area contributed by atoms with E-state index in [1.165, 1.54) is 0 Å². The van der Waals surface area contributed by atoms with E-state index in [2.05, 4.69) is 0 Å². The van der Waals surface area contributed by atoms with Crippen LogP contribution in [0.2, 0.25) is 0 Å². The van der Waals surface area contributed by atoms with Gasteiger partial charge in [-0.2, -0.15) is 0 Å². The molecular weight excluding hydrogens is 160 g/mol. The number of aliphatic hydroxyl groups is 3. The van der Waals surface area contributed by atoms with Gasteiger partial charge in [0.25, 0.3) is 0 Å². The van der Waals surface area contributed by atoms with Crippen molar-refractivity contribution in [3.05, 3.63) is 0 Å². The maximum atomic E-state index is 9.17. The number of aliphatic hydroxyl groups excluding tert-OH is 3. The fourth-order valence-electron chi connectivity index (χ4n) is 0.824. The third kappa shape index (κ3) is 5.49. The Bertz CT molecular complexity index is 93.1. The highest BCUT2D eigenvalue weighted by atomic mass is 16.6. The molecule has 0 saturated carbocycles. The van der Waals surface area contributed by atoms with Crippen LogP contribution in [0.1, 0.15) is 26.2 Å². The van der Waals surface area contributed by atoms with Gasteiger partial charge in [0.15, 0.2) is 6.29 Å². The molecule has 74 valence electrons. The lowest BCUT2D eigenvalue weighted by Crippen LogP contribution is -2.24. The maximum Gasteiger partial charge on any atom is 0.155 e. The molecule has 0 spiro atoms. The fraction of sp³-hybridized carbons (Fsp3) is 1.00. The SMILES string of the molecule is CCC(CO)OC(O)CCCO. The van der Waals surface area contributed by atoms with Crippen molar-refractivity contribution in [2.24, 2.45) is 0 Å². The zero-order valence-corrected chi connectivity index (χ0v) is 7.44. The molecule has 4 heteroatoms. The average Bonchev–Trinajstić information content (AvgIpc) is 2.10. The predicted octanol–water partition coefficient (Wildman–Crippen LogP) is -0.135. The van der Waals surface area contributed by atoms with Gasteiger partial charge in [0.1, 0.15) is 0 Å². The summed E-state index contributed by atoms with van der Waals surface area (Å²) in [4.78, 5) is 0. The molecule has 0 heterocycles. The normalized spacial score (nSPS) is 16.0.